The van der Waals surface area contributed by atoms with Crippen LogP contribution < -0.4 is 72.9 Å². The van der Waals surface area contributed by atoms with Crippen LogP contribution in [0.2, 0.25) is 0 Å². The van der Waals surface area contributed by atoms with Gasteiger partial charge in [-0.05, 0) is 63.4 Å². The van der Waals surface area contributed by atoms with E-state index < -0.39 is 83.4 Å². The third-order valence-corrected chi connectivity index (χ3v) is 8.31. The van der Waals surface area contributed by atoms with Crippen molar-refractivity contribution in [2.75, 3.05) is 124 Å². The summed E-state index contributed by atoms with van der Waals surface area (Å²) in [7, 11) is 19.3. The molecule has 6 heterocycles. The summed E-state index contributed by atoms with van der Waals surface area (Å²) in [6, 6.07) is 0. The average Bonchev–Trinajstić information content (AvgIpc) is 4.45. The van der Waals surface area contributed by atoms with Crippen molar-refractivity contribution in [3.63, 3.8) is 0 Å². The fourth-order valence-corrected chi connectivity index (χ4v) is 4.74. The predicted octanol–water partition coefficient (Wildman–Crippen LogP) is -10.7. The molecule has 6 aliphatic rings. The molecule has 0 bridgehead atoms. The number of amides is 16. The van der Waals surface area contributed by atoms with Gasteiger partial charge in [0.05, 0.1) is 0 Å². The Kier molecular flexibility index (Phi) is 63.1. The van der Waals surface area contributed by atoms with Crippen LogP contribution in [0.15, 0.2) is 60.8 Å². The summed E-state index contributed by atoms with van der Waals surface area (Å²) < 4.78 is 0. The van der Waals surface area contributed by atoms with Gasteiger partial charge >= 0.3 is 5.97 Å². The van der Waals surface area contributed by atoms with Crippen molar-refractivity contribution in [1.29, 1.82) is 0 Å². The van der Waals surface area contributed by atoms with Gasteiger partial charge in [-0.15, -0.1) is 5.06 Å². The molecule has 0 aromatic carbocycles. The van der Waals surface area contributed by atoms with Crippen LogP contribution in [0.1, 0.15) is 12.8 Å². The Bertz CT molecular complexity index is 1990. The van der Waals surface area contributed by atoms with Gasteiger partial charge in [0.15, 0.2) is 0 Å². The zero-order chi connectivity index (χ0) is 67.8. The zero-order valence-electron chi connectivity index (χ0n) is 49.5. The molecule has 0 unspecified atom stereocenters. The highest BCUT2D eigenvalue weighted by atomic mass is 16.7. The van der Waals surface area contributed by atoms with Crippen molar-refractivity contribution in [1.82, 2.24) is 50.8 Å². The Morgan fingerprint density at radius 2 is 0.452 bits per heavy atom. The number of likely N-dealkylation sites (N-methyl/N-ethyl adjacent to an activating group) is 4. The minimum atomic E-state index is -1.02. The smallest absolute Gasteiger partial charge is 0.352 e. The first-order valence-corrected chi connectivity index (χ1v) is 23.8. The summed E-state index contributed by atoms with van der Waals surface area (Å²) in [6.45, 7) is -1.47. The van der Waals surface area contributed by atoms with Gasteiger partial charge < -0.3 is 77.7 Å². The number of nitrogens with two attached hydrogens (primary N) is 9. The van der Waals surface area contributed by atoms with Crippen molar-refractivity contribution in [3.8, 4) is 0 Å². The van der Waals surface area contributed by atoms with Gasteiger partial charge in [0.2, 0.25) is 23.6 Å². The molecular weight excluding hydrogens is 1120 g/mol. The lowest BCUT2D eigenvalue weighted by molar-refractivity contribution is -0.198. The summed E-state index contributed by atoms with van der Waals surface area (Å²) >= 11 is 0. The molecule has 0 radical (unpaired) electrons. The molecule has 22 N–H and O–H groups in total. The number of nitrogens with zero attached hydrogens (tertiary/aromatic N) is 6. The summed E-state index contributed by atoms with van der Waals surface area (Å²) in [6.07, 6.45) is 11.1. The van der Waals surface area contributed by atoms with Crippen LogP contribution in [0.5, 0.6) is 0 Å². The molecule has 84 heavy (non-hydrogen) atoms. The van der Waals surface area contributed by atoms with Crippen LogP contribution in [-0.4, -0.2) is 254 Å². The molecule has 0 spiro atoms. The maximum absolute atomic E-state index is 11.4. The van der Waals surface area contributed by atoms with Crippen molar-refractivity contribution in [2.24, 2.45) is 51.6 Å². The van der Waals surface area contributed by atoms with Gasteiger partial charge in [-0.3, -0.25) is 101 Å². The summed E-state index contributed by atoms with van der Waals surface area (Å²) in [5.74, 6) is -8.52. The molecule has 6 rings (SSSR count). The second kappa shape index (κ2) is 58.2. The van der Waals surface area contributed by atoms with Crippen LogP contribution in [-0.2, 0) is 86.3 Å². The zero-order valence-corrected chi connectivity index (χ0v) is 49.5. The number of nitrogens with one attached hydrogen (secondary N) is 4. The van der Waals surface area contributed by atoms with E-state index in [0.29, 0.717) is 9.96 Å². The van der Waals surface area contributed by atoms with Crippen molar-refractivity contribution < 1.29 is 86.3 Å². The van der Waals surface area contributed by atoms with E-state index in [0.717, 1.165) is 80.4 Å². The Hall–Kier alpha value is -9.47. The Morgan fingerprint density at radius 1 is 0.310 bits per heavy atom. The lowest BCUT2D eigenvalue weighted by atomic mass is 10.4. The van der Waals surface area contributed by atoms with Gasteiger partial charge in [0.1, 0.15) is 32.7 Å². The quantitative estimate of drug-likeness (QED) is 0.0855. The van der Waals surface area contributed by atoms with Crippen molar-refractivity contribution in [2.45, 2.75) is 12.8 Å². The van der Waals surface area contributed by atoms with E-state index in [1.54, 1.807) is 0 Å². The van der Waals surface area contributed by atoms with E-state index in [4.69, 9.17) is 0 Å². The minimum absolute atomic E-state index is 0.0186. The number of carbonyl (C=O) groups is 17. The highest BCUT2D eigenvalue weighted by Crippen LogP contribution is 2.13. The summed E-state index contributed by atoms with van der Waals surface area (Å²) in [5.41, 5.74) is 40.5. The van der Waals surface area contributed by atoms with Crippen LogP contribution in [0.25, 0.3) is 0 Å². The molecule has 0 aromatic rings. The topological polar surface area (TPSA) is 601 Å². The van der Waals surface area contributed by atoms with E-state index in [2.05, 4.69) is 77.7 Å². The molecule has 16 amide bonds. The average molecular weight is 1200 g/mol. The van der Waals surface area contributed by atoms with Gasteiger partial charge in [0.25, 0.3) is 70.9 Å². The SMILES string of the molecule is CN.CN.CN.CN.CN.CN.CN.CN.CN.CNC(=O)CN1C(=O)C=CC1=O.CNC(=O)CN1C(=O)C=CC1=O.CNC(=O)CN1C(=O)C=CC1=O.CNC(=O)CN1C(=O)C=CC1=O.O=C(CN1C(=O)C=CC1=O)ON1C(=O)CCC1=O. The molecular formula is C47H85N19O18. The number of hydrogen-bond acceptors (Lipinski definition) is 27. The van der Waals surface area contributed by atoms with Gasteiger partial charge in [-0.25, -0.2) is 4.79 Å². The molecule has 1 saturated heterocycles. The Labute approximate surface area is 486 Å². The third-order valence-electron chi connectivity index (χ3n) is 8.31. The van der Waals surface area contributed by atoms with Gasteiger partial charge in [-0.2, -0.15) is 0 Å². The minimum Gasteiger partial charge on any atom is -0.358 e. The van der Waals surface area contributed by atoms with Crippen LogP contribution in [0.3, 0.4) is 0 Å². The fourth-order valence-electron chi connectivity index (χ4n) is 4.74. The maximum Gasteiger partial charge on any atom is 0.352 e. The first-order valence-electron chi connectivity index (χ1n) is 23.8. The summed E-state index contributed by atoms with van der Waals surface area (Å²) in [4.78, 5) is 195. The molecule has 37 nitrogen and oxygen atoms in total. The number of rotatable bonds is 11. The maximum atomic E-state index is 11.4. The lowest BCUT2D eigenvalue weighted by Crippen LogP contribution is -2.40. The van der Waals surface area contributed by atoms with E-state index >= 15 is 0 Å². The van der Waals surface area contributed by atoms with Crippen LogP contribution >= 0.6 is 0 Å². The van der Waals surface area contributed by atoms with E-state index in [-0.39, 0.29) is 62.6 Å². The standard InChI is InChI=1S/C10H8N2O6.4C7H8N2O3.9CH5N/c13-6-1-2-7(14)11(6)5-10(17)18-12-8(15)3-4-9(12)16;4*1-8-5(10)4-9-6(11)2-3-7(9)12;9*1-2/h1-2H,3-5H2;4*2-3H,4H2,1H3,(H,8,10);9*2H2,1H3. The van der Waals surface area contributed by atoms with Crippen molar-refractivity contribution in [3.05, 3.63) is 60.8 Å². The normalized spacial score (nSPS) is 13.6. The van der Waals surface area contributed by atoms with Crippen LogP contribution in [0.4, 0.5) is 0 Å². The highest BCUT2D eigenvalue weighted by Gasteiger charge is 2.35. The van der Waals surface area contributed by atoms with Gasteiger partial charge in [0, 0.05) is 102 Å². The molecule has 476 valence electrons. The predicted molar refractivity (Wildman–Crippen MR) is 304 cm³/mol. The molecule has 6 aliphatic heterocycles. The number of hydrogen-bond donors (Lipinski definition) is 13. The Balaban J connectivity index is -0.000000135. The molecule has 37 heteroatoms. The molecule has 0 atom stereocenters. The first-order chi connectivity index (χ1) is 40.1. The number of carbonyl (C=O) groups excluding carboxylic acids is 17. The molecule has 0 aliphatic carbocycles. The lowest BCUT2D eigenvalue weighted by Gasteiger charge is -2.16. The second-order valence-electron chi connectivity index (χ2n) is 12.7. The van der Waals surface area contributed by atoms with Crippen LogP contribution in [0, 0.1) is 0 Å². The third kappa shape index (κ3) is 36.7. The molecule has 0 aromatic heterocycles. The number of imide groups is 6. The first kappa shape index (κ1) is 91.0. The van der Waals surface area contributed by atoms with Gasteiger partial charge in [-0.1, -0.05) is 0 Å². The van der Waals surface area contributed by atoms with E-state index in [9.17, 15) is 81.5 Å². The van der Waals surface area contributed by atoms with E-state index in [1.807, 2.05) is 0 Å². The molecule has 0 saturated carbocycles. The largest absolute Gasteiger partial charge is 0.358 e. The second-order valence-corrected chi connectivity index (χ2v) is 12.7. The van der Waals surface area contributed by atoms with E-state index in [1.165, 1.54) is 91.6 Å². The highest BCUT2D eigenvalue weighted by molar-refractivity contribution is 6.17. The fraction of sp³-hybridized carbons (Fsp3) is 0.426. The Morgan fingerprint density at radius 3 is 0.595 bits per heavy atom. The molecule has 1 fully saturated rings. The van der Waals surface area contributed by atoms with Crippen molar-refractivity contribution >= 4 is 100 Å². The monoisotopic (exact) mass is 1200 g/mol. The summed E-state index contributed by atoms with van der Waals surface area (Å²) in [5, 5.41) is 9.64. The number of hydroxylamine groups is 2.